The molecular formula is C13H15ClN2O5. The molecule has 21 heavy (non-hydrogen) atoms. The first-order valence-electron chi connectivity index (χ1n) is 6.05. The van der Waals surface area contributed by atoms with Gasteiger partial charge in [0.25, 0.3) is 11.6 Å². The number of hydrogen-bond donors (Lipinski definition) is 0. The number of methoxy groups -OCH3 is 1. The first-order valence-corrected chi connectivity index (χ1v) is 6.43. The van der Waals surface area contributed by atoms with Gasteiger partial charge in [-0.2, -0.15) is 0 Å². The Labute approximate surface area is 126 Å². The van der Waals surface area contributed by atoms with Crippen molar-refractivity contribution >= 4 is 29.2 Å². The molecule has 0 saturated heterocycles. The SMILES string of the molecule is COC(=O)C(C)CN(C)C(=O)c1cccc([N+](=O)[O-])c1Cl. The number of nitrogens with zero attached hydrogens (tertiary/aromatic N) is 2. The molecule has 0 bridgehead atoms. The molecule has 1 amide bonds. The average molecular weight is 315 g/mol. The summed E-state index contributed by atoms with van der Waals surface area (Å²) in [4.78, 5) is 35.0. The summed E-state index contributed by atoms with van der Waals surface area (Å²) in [7, 11) is 2.75. The van der Waals surface area contributed by atoms with E-state index in [1.54, 1.807) is 6.92 Å². The first-order chi connectivity index (χ1) is 9.79. The van der Waals surface area contributed by atoms with Crippen LogP contribution in [0.25, 0.3) is 0 Å². The molecule has 0 N–H and O–H groups in total. The second kappa shape index (κ2) is 7.03. The van der Waals surface area contributed by atoms with Gasteiger partial charge in [0, 0.05) is 19.7 Å². The molecule has 0 heterocycles. The van der Waals surface area contributed by atoms with Gasteiger partial charge >= 0.3 is 5.97 Å². The highest BCUT2D eigenvalue weighted by Gasteiger charge is 2.24. The number of ether oxygens (including phenoxy) is 1. The van der Waals surface area contributed by atoms with Gasteiger partial charge in [-0.05, 0) is 6.07 Å². The zero-order valence-electron chi connectivity index (χ0n) is 11.8. The summed E-state index contributed by atoms with van der Waals surface area (Å²) in [6, 6.07) is 4.00. The van der Waals surface area contributed by atoms with E-state index in [9.17, 15) is 19.7 Å². The van der Waals surface area contributed by atoms with Crippen molar-refractivity contribution in [2.75, 3.05) is 20.7 Å². The number of rotatable bonds is 5. The normalized spacial score (nSPS) is 11.6. The summed E-state index contributed by atoms with van der Waals surface area (Å²) in [5.41, 5.74) is -0.317. The van der Waals surface area contributed by atoms with Gasteiger partial charge < -0.3 is 9.64 Å². The predicted molar refractivity (Wildman–Crippen MR) is 76.2 cm³/mol. The number of nitro groups is 1. The second-order valence-corrected chi connectivity index (χ2v) is 4.88. The highest BCUT2D eigenvalue weighted by Crippen LogP contribution is 2.28. The maximum absolute atomic E-state index is 12.3. The highest BCUT2D eigenvalue weighted by molar-refractivity contribution is 6.35. The largest absolute Gasteiger partial charge is 0.469 e. The molecule has 1 aromatic rings. The molecule has 0 fully saturated rings. The minimum absolute atomic E-state index is 0.0189. The molecule has 0 aliphatic heterocycles. The molecule has 0 saturated carbocycles. The third-order valence-corrected chi connectivity index (χ3v) is 3.30. The van der Waals surface area contributed by atoms with Crippen molar-refractivity contribution in [3.05, 3.63) is 38.9 Å². The number of carbonyl (C=O) groups is 2. The standard InChI is InChI=1S/C13H15ClN2O5/c1-8(13(18)21-3)7-15(2)12(17)9-5-4-6-10(11(9)14)16(19)20/h4-6,8H,7H2,1-3H3. The third-order valence-electron chi connectivity index (χ3n) is 2.90. The van der Waals surface area contributed by atoms with E-state index in [1.807, 2.05) is 0 Å². The lowest BCUT2D eigenvalue weighted by atomic mass is 10.1. The number of carbonyl (C=O) groups excluding carboxylic acids is 2. The Balaban J connectivity index is 2.96. The van der Waals surface area contributed by atoms with E-state index < -0.39 is 22.7 Å². The smallest absolute Gasteiger partial charge is 0.310 e. The summed E-state index contributed by atoms with van der Waals surface area (Å²) in [6.07, 6.45) is 0. The van der Waals surface area contributed by atoms with Crippen LogP contribution in [0.4, 0.5) is 5.69 Å². The van der Waals surface area contributed by atoms with Crippen molar-refractivity contribution < 1.29 is 19.2 Å². The van der Waals surface area contributed by atoms with Gasteiger partial charge in [0.15, 0.2) is 0 Å². The van der Waals surface area contributed by atoms with Crippen LogP contribution < -0.4 is 0 Å². The van der Waals surface area contributed by atoms with E-state index >= 15 is 0 Å². The molecule has 0 spiro atoms. The van der Waals surface area contributed by atoms with Crippen molar-refractivity contribution in [3.63, 3.8) is 0 Å². The number of benzene rings is 1. The lowest BCUT2D eigenvalue weighted by molar-refractivity contribution is -0.384. The van der Waals surface area contributed by atoms with Gasteiger partial charge in [0.2, 0.25) is 0 Å². The first kappa shape index (κ1) is 16.9. The van der Waals surface area contributed by atoms with Crippen LogP contribution in [0.15, 0.2) is 18.2 Å². The molecule has 0 aromatic heterocycles. The Hall–Kier alpha value is -2.15. The molecule has 7 nitrogen and oxygen atoms in total. The zero-order chi connectivity index (χ0) is 16.2. The fourth-order valence-electron chi connectivity index (χ4n) is 1.80. The molecule has 8 heteroatoms. The van der Waals surface area contributed by atoms with Crippen LogP contribution >= 0.6 is 11.6 Å². The van der Waals surface area contributed by atoms with Gasteiger partial charge in [0.05, 0.1) is 23.5 Å². The van der Waals surface area contributed by atoms with Crippen LogP contribution in [0, 0.1) is 16.0 Å². The number of esters is 1. The van der Waals surface area contributed by atoms with Crippen molar-refractivity contribution in [1.29, 1.82) is 0 Å². The lowest BCUT2D eigenvalue weighted by Crippen LogP contribution is -2.34. The third kappa shape index (κ3) is 3.91. The average Bonchev–Trinajstić information content (AvgIpc) is 2.45. The lowest BCUT2D eigenvalue weighted by Gasteiger charge is -2.20. The fourth-order valence-corrected chi connectivity index (χ4v) is 2.08. The number of amides is 1. The summed E-state index contributed by atoms with van der Waals surface area (Å²) in [5.74, 6) is -1.46. The number of nitro benzene ring substituents is 1. The Morgan fingerprint density at radius 3 is 2.62 bits per heavy atom. The van der Waals surface area contributed by atoms with E-state index in [1.165, 1.54) is 37.3 Å². The van der Waals surface area contributed by atoms with Crippen molar-refractivity contribution in [1.82, 2.24) is 4.90 Å². The van der Waals surface area contributed by atoms with E-state index in [0.29, 0.717) is 0 Å². The minimum Gasteiger partial charge on any atom is -0.469 e. The summed E-state index contributed by atoms with van der Waals surface area (Å²) in [6.45, 7) is 1.73. The quantitative estimate of drug-likeness (QED) is 0.472. The Bertz CT molecular complexity index is 576. The molecule has 1 rings (SSSR count). The van der Waals surface area contributed by atoms with Gasteiger partial charge in [-0.15, -0.1) is 0 Å². The predicted octanol–water partition coefficient (Wildman–Crippen LogP) is 2.13. The summed E-state index contributed by atoms with van der Waals surface area (Å²) in [5, 5.41) is 10.6. The van der Waals surface area contributed by atoms with Crippen LogP contribution in [0.3, 0.4) is 0 Å². The molecule has 0 radical (unpaired) electrons. The molecule has 114 valence electrons. The Kier molecular flexibility index (Phi) is 5.66. The minimum atomic E-state index is -0.657. The number of hydrogen-bond acceptors (Lipinski definition) is 5. The zero-order valence-corrected chi connectivity index (χ0v) is 12.6. The molecule has 1 unspecified atom stereocenters. The van der Waals surface area contributed by atoms with E-state index in [0.717, 1.165) is 0 Å². The van der Waals surface area contributed by atoms with Crippen molar-refractivity contribution in [2.45, 2.75) is 6.92 Å². The highest BCUT2D eigenvalue weighted by atomic mass is 35.5. The van der Waals surface area contributed by atoms with Gasteiger partial charge in [-0.25, -0.2) is 0 Å². The van der Waals surface area contributed by atoms with Crippen molar-refractivity contribution in [2.24, 2.45) is 5.92 Å². The maximum Gasteiger partial charge on any atom is 0.310 e. The monoisotopic (exact) mass is 314 g/mol. The fraction of sp³-hybridized carbons (Fsp3) is 0.385. The molecular weight excluding hydrogens is 300 g/mol. The molecule has 1 atom stereocenters. The Morgan fingerprint density at radius 2 is 2.10 bits per heavy atom. The van der Waals surface area contributed by atoms with Crippen LogP contribution in [0.1, 0.15) is 17.3 Å². The van der Waals surface area contributed by atoms with E-state index in [2.05, 4.69) is 4.74 Å². The van der Waals surface area contributed by atoms with E-state index in [4.69, 9.17) is 11.6 Å². The Morgan fingerprint density at radius 1 is 1.48 bits per heavy atom. The van der Waals surface area contributed by atoms with Crippen LogP contribution in [0.2, 0.25) is 5.02 Å². The van der Waals surface area contributed by atoms with Crippen molar-refractivity contribution in [3.8, 4) is 0 Å². The second-order valence-electron chi connectivity index (χ2n) is 4.51. The van der Waals surface area contributed by atoms with E-state index in [-0.39, 0.29) is 22.8 Å². The van der Waals surface area contributed by atoms with Crippen LogP contribution in [-0.2, 0) is 9.53 Å². The summed E-state index contributed by atoms with van der Waals surface area (Å²) >= 11 is 5.89. The topological polar surface area (TPSA) is 89.8 Å². The van der Waals surface area contributed by atoms with Crippen LogP contribution in [0.5, 0.6) is 0 Å². The van der Waals surface area contributed by atoms with Crippen LogP contribution in [-0.4, -0.2) is 42.4 Å². The molecule has 1 aromatic carbocycles. The summed E-state index contributed by atoms with van der Waals surface area (Å²) < 4.78 is 4.58. The molecule has 0 aliphatic rings. The molecule has 0 aliphatic carbocycles. The van der Waals surface area contributed by atoms with Gasteiger partial charge in [0.1, 0.15) is 5.02 Å². The maximum atomic E-state index is 12.3. The number of halogens is 1. The van der Waals surface area contributed by atoms with Gasteiger partial charge in [-0.3, -0.25) is 19.7 Å². The van der Waals surface area contributed by atoms with Gasteiger partial charge in [-0.1, -0.05) is 24.6 Å².